The molecule has 0 amide bonds. The van der Waals surface area contributed by atoms with Gasteiger partial charge in [-0.05, 0) is 10.8 Å². The topological polar surface area (TPSA) is 34.1 Å². The lowest BCUT2D eigenvalue weighted by molar-refractivity contribution is -0.171. The second-order valence-corrected chi connectivity index (χ2v) is 3.64. The third-order valence-electron chi connectivity index (χ3n) is 2.24. The van der Waals surface area contributed by atoms with Crippen LogP contribution in [0.4, 0.5) is 13.2 Å². The van der Waals surface area contributed by atoms with Gasteiger partial charge in [0.25, 0.3) is 0 Å². The second kappa shape index (κ2) is 6.68. The van der Waals surface area contributed by atoms with Crippen molar-refractivity contribution in [2.24, 2.45) is 0 Å². The molecule has 5 heteroatoms. The monoisotopic (exact) mass is 268 g/mol. The highest BCUT2D eigenvalue weighted by atomic mass is 19.4. The molecule has 100 valence electrons. The summed E-state index contributed by atoms with van der Waals surface area (Å²) in [6, 6.07) is 16.7. The van der Waals surface area contributed by atoms with Crippen molar-refractivity contribution < 1.29 is 22.8 Å². The lowest BCUT2D eigenvalue weighted by Gasteiger charge is -1.98. The first kappa shape index (κ1) is 14.9. The molecule has 0 fully saturated rings. The fraction of sp³-hybridized carbons (Fsp3) is 0.143. The number of hydrogen-bond donors (Lipinski definition) is 0. The molecule has 0 saturated heterocycles. The smallest absolute Gasteiger partial charge is 0.303 e. The molecule has 0 saturated carbocycles. The average molecular weight is 268 g/mol. The number of aldehydes is 1. The fourth-order valence-electron chi connectivity index (χ4n) is 1.32. The van der Waals surface area contributed by atoms with E-state index in [1.807, 2.05) is 0 Å². The van der Waals surface area contributed by atoms with Crippen LogP contribution in [-0.2, 0) is 9.59 Å². The maximum absolute atomic E-state index is 11.1. The van der Waals surface area contributed by atoms with Gasteiger partial charge in [0.15, 0.2) is 0 Å². The van der Waals surface area contributed by atoms with Gasteiger partial charge < -0.3 is 4.79 Å². The largest absolute Gasteiger partial charge is 0.450 e. The molecule has 0 bridgehead atoms. The number of carbonyl (C=O) groups excluding carboxylic acids is 2. The van der Waals surface area contributed by atoms with Crippen molar-refractivity contribution in [3.05, 3.63) is 48.5 Å². The van der Waals surface area contributed by atoms with Crippen molar-refractivity contribution >= 4 is 22.8 Å². The van der Waals surface area contributed by atoms with E-state index in [-0.39, 0.29) is 6.29 Å². The number of benzene rings is 2. The number of halogens is 3. The minimum absolute atomic E-state index is 0.0736. The molecule has 0 spiro atoms. The van der Waals surface area contributed by atoms with Gasteiger partial charge >= 0.3 is 6.18 Å². The van der Waals surface area contributed by atoms with Crippen LogP contribution in [0.1, 0.15) is 6.42 Å². The minimum atomic E-state index is -4.86. The molecule has 19 heavy (non-hydrogen) atoms. The first-order valence-corrected chi connectivity index (χ1v) is 5.42. The molecule has 0 aliphatic rings. The molecule has 2 aromatic rings. The molecule has 0 aliphatic heterocycles. The standard InChI is InChI=1S/C10H8.C4H3F3O2/c1-2-6-10-8-4-3-7-9(10)5-1;5-4(6,7)3(9)1-2-8/h1-8H;2H,1H2. The first-order chi connectivity index (χ1) is 8.95. The molecule has 0 aromatic heterocycles. The molecule has 0 unspecified atom stereocenters. The Bertz CT molecular complexity index is 496. The van der Waals surface area contributed by atoms with Gasteiger partial charge in [0.2, 0.25) is 5.78 Å². The summed E-state index contributed by atoms with van der Waals surface area (Å²) in [7, 11) is 0. The lowest BCUT2D eigenvalue weighted by Crippen LogP contribution is -2.22. The van der Waals surface area contributed by atoms with E-state index >= 15 is 0 Å². The van der Waals surface area contributed by atoms with Gasteiger partial charge in [-0.1, -0.05) is 48.5 Å². The van der Waals surface area contributed by atoms with Gasteiger partial charge in [-0.15, -0.1) is 0 Å². The summed E-state index contributed by atoms with van der Waals surface area (Å²) in [6.07, 6.45) is -6.01. The summed E-state index contributed by atoms with van der Waals surface area (Å²) >= 11 is 0. The Morgan fingerprint density at radius 1 is 0.947 bits per heavy atom. The highest BCUT2D eigenvalue weighted by Gasteiger charge is 2.37. The van der Waals surface area contributed by atoms with Crippen molar-refractivity contribution in [3.63, 3.8) is 0 Å². The van der Waals surface area contributed by atoms with Crippen molar-refractivity contribution in [1.29, 1.82) is 0 Å². The van der Waals surface area contributed by atoms with Gasteiger partial charge in [0, 0.05) is 0 Å². The summed E-state index contributed by atoms with van der Waals surface area (Å²) in [5.74, 6) is -2.00. The number of rotatable bonds is 2. The zero-order valence-corrected chi connectivity index (χ0v) is 9.85. The number of ketones is 1. The van der Waals surface area contributed by atoms with Crippen LogP contribution in [0.25, 0.3) is 10.8 Å². The van der Waals surface area contributed by atoms with E-state index in [9.17, 15) is 22.8 Å². The molecule has 0 atom stereocenters. The number of alkyl halides is 3. The molecule has 2 rings (SSSR count). The first-order valence-electron chi connectivity index (χ1n) is 5.42. The summed E-state index contributed by atoms with van der Waals surface area (Å²) in [5.41, 5.74) is 0. The summed E-state index contributed by atoms with van der Waals surface area (Å²) in [4.78, 5) is 19.0. The zero-order chi connectivity index (χ0) is 14.3. The highest BCUT2D eigenvalue weighted by Crippen LogP contribution is 2.16. The van der Waals surface area contributed by atoms with E-state index in [1.165, 1.54) is 10.8 Å². The Morgan fingerprint density at radius 2 is 1.32 bits per heavy atom. The number of carbonyl (C=O) groups is 2. The second-order valence-electron chi connectivity index (χ2n) is 3.64. The van der Waals surface area contributed by atoms with Gasteiger partial charge in [-0.2, -0.15) is 13.2 Å². The van der Waals surface area contributed by atoms with E-state index < -0.39 is 18.4 Å². The summed E-state index contributed by atoms with van der Waals surface area (Å²) < 4.78 is 33.4. The fourth-order valence-corrected chi connectivity index (χ4v) is 1.32. The lowest BCUT2D eigenvalue weighted by atomic mass is 10.1. The molecule has 2 nitrogen and oxygen atoms in total. The van der Waals surface area contributed by atoms with Crippen molar-refractivity contribution in [2.75, 3.05) is 0 Å². The van der Waals surface area contributed by atoms with Crippen LogP contribution in [0.2, 0.25) is 0 Å². The Morgan fingerprint density at radius 3 is 1.53 bits per heavy atom. The van der Waals surface area contributed by atoms with Crippen molar-refractivity contribution in [2.45, 2.75) is 12.6 Å². The van der Waals surface area contributed by atoms with Crippen LogP contribution >= 0.6 is 0 Å². The van der Waals surface area contributed by atoms with Crippen LogP contribution in [0.15, 0.2) is 48.5 Å². The highest BCUT2D eigenvalue weighted by molar-refractivity contribution is 5.93. The maximum Gasteiger partial charge on any atom is 0.450 e. The molecule has 0 N–H and O–H groups in total. The van der Waals surface area contributed by atoms with Crippen LogP contribution in [0, 0.1) is 0 Å². The van der Waals surface area contributed by atoms with Crippen LogP contribution in [0.5, 0.6) is 0 Å². The zero-order valence-electron chi connectivity index (χ0n) is 9.85. The number of fused-ring (bicyclic) bond motifs is 1. The SMILES string of the molecule is O=CCC(=O)C(F)(F)F.c1ccc2ccccc2c1. The maximum atomic E-state index is 11.1. The molecular formula is C14H11F3O2. The summed E-state index contributed by atoms with van der Waals surface area (Å²) in [6.45, 7) is 0. The molecule has 0 heterocycles. The number of hydrogen-bond acceptors (Lipinski definition) is 2. The number of Topliss-reactive ketones (excluding diaryl/α,β-unsaturated/α-hetero) is 1. The predicted molar refractivity (Wildman–Crippen MR) is 65.7 cm³/mol. The van der Waals surface area contributed by atoms with E-state index in [4.69, 9.17) is 0 Å². The van der Waals surface area contributed by atoms with Crippen molar-refractivity contribution in [3.8, 4) is 0 Å². The third kappa shape index (κ3) is 4.91. The van der Waals surface area contributed by atoms with E-state index in [0.29, 0.717) is 0 Å². The van der Waals surface area contributed by atoms with Crippen LogP contribution in [-0.4, -0.2) is 18.2 Å². The van der Waals surface area contributed by atoms with Crippen LogP contribution < -0.4 is 0 Å². The van der Waals surface area contributed by atoms with Crippen LogP contribution in [0.3, 0.4) is 0 Å². The molecule has 0 aliphatic carbocycles. The van der Waals surface area contributed by atoms with Gasteiger partial charge in [0.05, 0.1) is 6.42 Å². The Labute approximate surface area is 107 Å². The Balaban J connectivity index is 0.000000192. The van der Waals surface area contributed by atoms with Gasteiger partial charge in [-0.25, -0.2) is 0 Å². The normalized spacial score (nSPS) is 10.5. The van der Waals surface area contributed by atoms with E-state index in [2.05, 4.69) is 48.5 Å². The van der Waals surface area contributed by atoms with Crippen molar-refractivity contribution in [1.82, 2.24) is 0 Å². The average Bonchev–Trinajstić information content (AvgIpc) is 2.39. The summed E-state index contributed by atoms with van der Waals surface area (Å²) in [5, 5.41) is 2.62. The van der Waals surface area contributed by atoms with Gasteiger partial charge in [0.1, 0.15) is 6.29 Å². The minimum Gasteiger partial charge on any atom is -0.303 e. The third-order valence-corrected chi connectivity index (χ3v) is 2.24. The molecule has 2 aromatic carbocycles. The molecule has 0 radical (unpaired) electrons. The van der Waals surface area contributed by atoms with E-state index in [0.717, 1.165) is 0 Å². The Hall–Kier alpha value is -2.17. The van der Waals surface area contributed by atoms with E-state index in [1.54, 1.807) is 0 Å². The molecular weight excluding hydrogens is 257 g/mol. The quantitative estimate of drug-likeness (QED) is 0.616. The predicted octanol–water partition coefficient (Wildman–Crippen LogP) is 3.55. The van der Waals surface area contributed by atoms with Gasteiger partial charge in [-0.3, -0.25) is 4.79 Å². The Kier molecular flexibility index (Phi) is 5.23.